The molecule has 1 aliphatic rings. The van der Waals surface area contributed by atoms with Crippen molar-refractivity contribution in [3.63, 3.8) is 0 Å². The number of carbonyl (C=O) groups is 1. The molecular weight excluding hydrogens is 180 g/mol. The van der Waals surface area contributed by atoms with Gasteiger partial charge in [-0.2, -0.15) is 0 Å². The second-order valence-corrected chi connectivity index (χ2v) is 5.43. The molecule has 0 bridgehead atoms. The minimum atomic E-state index is 0.0698. The first kappa shape index (κ1) is 10.8. The molecule has 0 radical (unpaired) electrons. The minimum absolute atomic E-state index is 0.0698. The lowest BCUT2D eigenvalue weighted by Crippen LogP contribution is -2.19. The van der Waals surface area contributed by atoms with Crippen LogP contribution in [0.15, 0.2) is 0 Å². The molecule has 0 heterocycles. The van der Waals surface area contributed by atoms with Crippen LogP contribution in [-0.2, 0) is 9.53 Å². The van der Waals surface area contributed by atoms with Crippen molar-refractivity contribution in [2.24, 2.45) is 0 Å². The molecule has 0 aromatic heterocycles. The Labute approximate surface area is 83.5 Å². The molecule has 3 heteroatoms. The van der Waals surface area contributed by atoms with Crippen LogP contribution < -0.4 is 0 Å². The van der Waals surface area contributed by atoms with E-state index in [-0.39, 0.29) is 17.6 Å². The van der Waals surface area contributed by atoms with Crippen LogP contribution in [0.25, 0.3) is 0 Å². The van der Waals surface area contributed by atoms with Gasteiger partial charge in [-0.15, -0.1) is 0 Å². The van der Waals surface area contributed by atoms with Crippen LogP contribution in [0.1, 0.15) is 45.4 Å². The largest absolute Gasteiger partial charge is 0.462 e. The number of hydrogen-bond donors (Lipinski definition) is 0. The van der Waals surface area contributed by atoms with Gasteiger partial charge in [0.1, 0.15) is 6.10 Å². The van der Waals surface area contributed by atoms with Gasteiger partial charge in [-0.3, -0.25) is 4.79 Å². The molecule has 1 rings (SSSR count). The zero-order valence-corrected chi connectivity index (χ0v) is 10.7. The molecule has 0 aliphatic heterocycles. The van der Waals surface area contributed by atoms with Gasteiger partial charge in [0.05, 0.1) is 0 Å². The van der Waals surface area contributed by atoms with Crippen LogP contribution in [0.4, 0.5) is 0 Å². The van der Waals surface area contributed by atoms with E-state index in [1.165, 1.54) is 12.8 Å². The van der Waals surface area contributed by atoms with E-state index in [0.29, 0.717) is 0 Å². The summed E-state index contributed by atoms with van der Waals surface area (Å²) in [5.41, 5.74) is 0.227. The SMILES string of the molecule is CCCC([SiH3])C(=O)OC1CCCC1. The normalized spacial score (nSPS) is 20.4. The van der Waals surface area contributed by atoms with E-state index in [0.717, 1.165) is 35.9 Å². The summed E-state index contributed by atoms with van der Waals surface area (Å²) in [5, 5.41) is 0. The van der Waals surface area contributed by atoms with E-state index in [1.54, 1.807) is 0 Å². The van der Waals surface area contributed by atoms with Gasteiger partial charge in [0.2, 0.25) is 0 Å². The lowest BCUT2D eigenvalue weighted by Gasteiger charge is -2.15. The summed E-state index contributed by atoms with van der Waals surface area (Å²) in [5.74, 6) is 0.0698. The van der Waals surface area contributed by atoms with E-state index in [9.17, 15) is 4.79 Å². The first-order valence-electron chi connectivity index (χ1n) is 5.44. The van der Waals surface area contributed by atoms with Crippen molar-refractivity contribution in [2.75, 3.05) is 0 Å². The summed E-state index contributed by atoms with van der Waals surface area (Å²) in [4.78, 5) is 11.5. The fraction of sp³-hybridized carbons (Fsp3) is 0.900. The lowest BCUT2D eigenvalue weighted by molar-refractivity contribution is -0.148. The number of rotatable bonds is 4. The van der Waals surface area contributed by atoms with E-state index < -0.39 is 0 Å². The number of esters is 1. The molecular formula is C10H20O2Si. The highest BCUT2D eigenvalue weighted by atomic mass is 28.1. The molecule has 2 nitrogen and oxygen atoms in total. The van der Waals surface area contributed by atoms with Gasteiger partial charge < -0.3 is 4.74 Å². The second kappa shape index (κ2) is 5.42. The maximum absolute atomic E-state index is 11.5. The zero-order valence-electron chi connectivity index (χ0n) is 8.71. The molecule has 0 spiro atoms. The minimum Gasteiger partial charge on any atom is -0.462 e. The number of carbonyl (C=O) groups excluding carboxylic acids is 1. The van der Waals surface area contributed by atoms with E-state index in [1.807, 2.05) is 0 Å². The standard InChI is InChI=1S/C10H20O2Si/c1-2-5-9(13)10(11)12-8-6-3-4-7-8/h8-9H,2-7H2,1,13H3. The van der Waals surface area contributed by atoms with Crippen molar-refractivity contribution in [1.82, 2.24) is 0 Å². The zero-order chi connectivity index (χ0) is 9.68. The monoisotopic (exact) mass is 200 g/mol. The Bertz CT molecular complexity index is 164. The van der Waals surface area contributed by atoms with Gasteiger partial charge in [0, 0.05) is 15.8 Å². The van der Waals surface area contributed by atoms with Crippen molar-refractivity contribution in [1.29, 1.82) is 0 Å². The quantitative estimate of drug-likeness (QED) is 0.507. The highest BCUT2D eigenvalue weighted by Crippen LogP contribution is 2.23. The number of hydrogen-bond acceptors (Lipinski definition) is 2. The third kappa shape index (κ3) is 3.51. The Kier molecular flexibility index (Phi) is 4.49. The molecule has 1 unspecified atom stereocenters. The molecule has 0 aromatic carbocycles. The molecule has 76 valence electrons. The molecule has 0 amide bonds. The molecule has 1 aliphatic carbocycles. The fourth-order valence-corrected chi connectivity index (χ4v) is 2.55. The second-order valence-electron chi connectivity index (χ2n) is 4.03. The molecule has 1 saturated carbocycles. The van der Waals surface area contributed by atoms with Gasteiger partial charge in [0.25, 0.3) is 0 Å². The van der Waals surface area contributed by atoms with Crippen LogP contribution in [-0.4, -0.2) is 22.3 Å². The third-order valence-electron chi connectivity index (χ3n) is 2.71. The third-order valence-corrected chi connectivity index (χ3v) is 3.76. The first-order chi connectivity index (χ1) is 6.24. The van der Waals surface area contributed by atoms with Crippen LogP contribution in [0.2, 0.25) is 5.54 Å². The smallest absolute Gasteiger partial charge is 0.305 e. The molecule has 0 saturated heterocycles. The Morgan fingerprint density at radius 3 is 2.69 bits per heavy atom. The van der Waals surface area contributed by atoms with Gasteiger partial charge >= 0.3 is 5.97 Å². The van der Waals surface area contributed by atoms with E-state index in [2.05, 4.69) is 6.92 Å². The maximum Gasteiger partial charge on any atom is 0.305 e. The molecule has 1 fully saturated rings. The summed E-state index contributed by atoms with van der Waals surface area (Å²) >= 11 is 0. The van der Waals surface area contributed by atoms with Crippen LogP contribution in [0, 0.1) is 0 Å². The summed E-state index contributed by atoms with van der Waals surface area (Å²) in [6.45, 7) is 2.12. The Balaban J connectivity index is 2.22. The van der Waals surface area contributed by atoms with Crippen LogP contribution in [0.3, 0.4) is 0 Å². The van der Waals surface area contributed by atoms with Gasteiger partial charge in [-0.25, -0.2) is 0 Å². The summed E-state index contributed by atoms with van der Waals surface area (Å²) in [6.07, 6.45) is 7.00. The van der Waals surface area contributed by atoms with E-state index >= 15 is 0 Å². The maximum atomic E-state index is 11.5. The molecule has 13 heavy (non-hydrogen) atoms. The highest BCUT2D eigenvalue weighted by molar-refractivity contribution is 6.22. The Hall–Kier alpha value is -0.313. The Morgan fingerprint density at radius 2 is 2.15 bits per heavy atom. The predicted molar refractivity (Wildman–Crippen MR) is 56.9 cm³/mol. The molecule has 0 aromatic rings. The topological polar surface area (TPSA) is 26.3 Å². The molecule has 0 N–H and O–H groups in total. The van der Waals surface area contributed by atoms with Crippen LogP contribution >= 0.6 is 0 Å². The Morgan fingerprint density at radius 1 is 1.54 bits per heavy atom. The van der Waals surface area contributed by atoms with Crippen molar-refractivity contribution in [3.8, 4) is 0 Å². The summed E-state index contributed by atoms with van der Waals surface area (Å²) < 4.78 is 5.42. The predicted octanol–water partition coefficient (Wildman–Crippen LogP) is 1.43. The first-order valence-corrected chi connectivity index (χ1v) is 6.60. The average Bonchev–Trinajstić information content (AvgIpc) is 2.57. The fourth-order valence-electron chi connectivity index (χ4n) is 1.84. The van der Waals surface area contributed by atoms with Crippen molar-refractivity contribution >= 4 is 16.2 Å². The highest BCUT2D eigenvalue weighted by Gasteiger charge is 2.21. The van der Waals surface area contributed by atoms with Gasteiger partial charge in [-0.05, 0) is 32.1 Å². The summed E-state index contributed by atoms with van der Waals surface area (Å²) in [7, 11) is 0.939. The lowest BCUT2D eigenvalue weighted by atomic mass is 10.2. The van der Waals surface area contributed by atoms with E-state index in [4.69, 9.17) is 4.74 Å². The molecule has 1 atom stereocenters. The number of ether oxygens (including phenoxy) is 1. The van der Waals surface area contributed by atoms with Crippen molar-refractivity contribution < 1.29 is 9.53 Å². The van der Waals surface area contributed by atoms with Gasteiger partial charge in [0.15, 0.2) is 0 Å². The van der Waals surface area contributed by atoms with Crippen molar-refractivity contribution in [3.05, 3.63) is 0 Å². The van der Waals surface area contributed by atoms with Gasteiger partial charge in [-0.1, -0.05) is 13.3 Å². The average molecular weight is 200 g/mol. The summed E-state index contributed by atoms with van der Waals surface area (Å²) in [6, 6.07) is 0. The van der Waals surface area contributed by atoms with Crippen molar-refractivity contribution in [2.45, 2.75) is 57.1 Å². The van der Waals surface area contributed by atoms with Crippen LogP contribution in [0.5, 0.6) is 0 Å².